The number of hydrogen-bond acceptors (Lipinski definition) is 4. The quantitative estimate of drug-likeness (QED) is 0.633. The molecule has 1 aromatic carbocycles. The van der Waals surface area contributed by atoms with Gasteiger partial charge >= 0.3 is 0 Å². The first-order chi connectivity index (χ1) is 10.3. The molecule has 6 heteroatoms. The Bertz CT molecular complexity index is 652. The average Bonchev–Trinajstić information content (AvgIpc) is 2.94. The van der Waals surface area contributed by atoms with Crippen LogP contribution in [0.25, 0.3) is 5.57 Å². The number of amides is 1. The van der Waals surface area contributed by atoms with E-state index in [1.54, 1.807) is 11.8 Å². The molecular formula is C15H16N4OS. The monoisotopic (exact) mass is 300 g/mol. The standard InChI is InChI=1S/C15H16N4OS/c1-10-12(11-5-3-2-4-6-11)13(10)14(20)16-7-8-21-15-17-9-18-19-15/h2-6,9,13H,7-8H2,1H3,(H,16,20)(H,17,18,19)/t13-/m1/s1. The van der Waals surface area contributed by atoms with Gasteiger partial charge in [0.05, 0.1) is 5.92 Å². The third-order valence-electron chi connectivity index (χ3n) is 3.44. The van der Waals surface area contributed by atoms with Crippen molar-refractivity contribution < 1.29 is 4.79 Å². The Balaban J connectivity index is 1.45. The summed E-state index contributed by atoms with van der Waals surface area (Å²) in [5.41, 5.74) is 3.48. The molecule has 1 aliphatic rings. The van der Waals surface area contributed by atoms with Crippen LogP contribution in [0.5, 0.6) is 0 Å². The van der Waals surface area contributed by atoms with E-state index in [-0.39, 0.29) is 11.8 Å². The molecule has 0 bridgehead atoms. The van der Waals surface area contributed by atoms with Crippen LogP contribution in [0.4, 0.5) is 0 Å². The summed E-state index contributed by atoms with van der Waals surface area (Å²) < 4.78 is 0. The van der Waals surface area contributed by atoms with Crippen molar-refractivity contribution in [1.82, 2.24) is 20.5 Å². The SMILES string of the molecule is CC1=C(c2ccccc2)[C@@H]1C(=O)NCCSc1ncn[nH]1. The molecule has 2 aromatic rings. The second kappa shape index (κ2) is 6.13. The normalized spacial score (nSPS) is 16.9. The van der Waals surface area contributed by atoms with E-state index in [4.69, 9.17) is 0 Å². The molecule has 2 N–H and O–H groups in total. The zero-order chi connectivity index (χ0) is 14.7. The number of hydrogen-bond donors (Lipinski definition) is 2. The van der Waals surface area contributed by atoms with Gasteiger partial charge in [-0.05, 0) is 18.1 Å². The van der Waals surface area contributed by atoms with Gasteiger partial charge < -0.3 is 5.32 Å². The van der Waals surface area contributed by atoms with Gasteiger partial charge in [-0.2, -0.15) is 5.10 Å². The summed E-state index contributed by atoms with van der Waals surface area (Å²) in [6, 6.07) is 10.1. The van der Waals surface area contributed by atoms with Crippen molar-refractivity contribution >= 4 is 23.2 Å². The molecule has 0 radical (unpaired) electrons. The van der Waals surface area contributed by atoms with Crippen molar-refractivity contribution in [1.29, 1.82) is 0 Å². The van der Waals surface area contributed by atoms with Crippen LogP contribution in [0.1, 0.15) is 12.5 Å². The highest BCUT2D eigenvalue weighted by atomic mass is 32.2. The lowest BCUT2D eigenvalue weighted by molar-refractivity contribution is -0.121. The average molecular weight is 300 g/mol. The largest absolute Gasteiger partial charge is 0.354 e. The smallest absolute Gasteiger partial charge is 0.231 e. The Morgan fingerprint density at radius 2 is 2.19 bits per heavy atom. The zero-order valence-electron chi connectivity index (χ0n) is 11.7. The van der Waals surface area contributed by atoms with Crippen LogP contribution in [0.3, 0.4) is 0 Å². The van der Waals surface area contributed by atoms with Crippen molar-refractivity contribution in [3.8, 4) is 0 Å². The van der Waals surface area contributed by atoms with E-state index >= 15 is 0 Å². The van der Waals surface area contributed by atoms with E-state index < -0.39 is 0 Å². The molecule has 1 amide bonds. The topological polar surface area (TPSA) is 70.7 Å². The highest BCUT2D eigenvalue weighted by Gasteiger charge is 2.39. The number of carbonyl (C=O) groups is 1. The van der Waals surface area contributed by atoms with Crippen LogP contribution >= 0.6 is 11.8 Å². The molecular weight excluding hydrogens is 284 g/mol. The van der Waals surface area contributed by atoms with Gasteiger partial charge in [0.15, 0.2) is 5.16 Å². The molecule has 0 unspecified atom stereocenters. The van der Waals surface area contributed by atoms with Crippen molar-refractivity contribution in [2.75, 3.05) is 12.3 Å². The minimum atomic E-state index is -0.0531. The van der Waals surface area contributed by atoms with Crippen LogP contribution < -0.4 is 5.32 Å². The predicted molar refractivity (Wildman–Crippen MR) is 82.6 cm³/mol. The summed E-state index contributed by atoms with van der Waals surface area (Å²) in [4.78, 5) is 16.2. The molecule has 0 aliphatic heterocycles. The van der Waals surface area contributed by atoms with Gasteiger partial charge in [-0.15, -0.1) is 0 Å². The summed E-state index contributed by atoms with van der Waals surface area (Å²) in [5, 5.41) is 10.3. The van der Waals surface area contributed by atoms with Crippen LogP contribution in [0.15, 0.2) is 47.4 Å². The van der Waals surface area contributed by atoms with Gasteiger partial charge in [0.2, 0.25) is 5.91 Å². The number of aromatic amines is 1. The second-order valence-electron chi connectivity index (χ2n) is 4.83. The van der Waals surface area contributed by atoms with Gasteiger partial charge in [0.25, 0.3) is 0 Å². The van der Waals surface area contributed by atoms with Gasteiger partial charge in [0, 0.05) is 12.3 Å². The minimum absolute atomic E-state index is 0.0531. The second-order valence-corrected chi connectivity index (χ2v) is 5.91. The maximum atomic E-state index is 12.2. The van der Waals surface area contributed by atoms with Crippen LogP contribution in [0, 0.1) is 5.92 Å². The molecule has 0 fully saturated rings. The fourth-order valence-electron chi connectivity index (χ4n) is 2.36. The zero-order valence-corrected chi connectivity index (χ0v) is 12.5. The van der Waals surface area contributed by atoms with Crippen molar-refractivity contribution in [2.45, 2.75) is 12.1 Å². The maximum absolute atomic E-state index is 12.2. The minimum Gasteiger partial charge on any atom is -0.354 e. The van der Waals surface area contributed by atoms with Gasteiger partial charge in [-0.3, -0.25) is 9.89 Å². The van der Waals surface area contributed by atoms with Crippen LogP contribution in [-0.2, 0) is 4.79 Å². The van der Waals surface area contributed by atoms with Crippen LogP contribution in [-0.4, -0.2) is 33.4 Å². The molecule has 0 saturated heterocycles. The Morgan fingerprint density at radius 1 is 1.38 bits per heavy atom. The molecule has 108 valence electrons. The van der Waals surface area contributed by atoms with E-state index in [2.05, 4.69) is 20.5 Å². The van der Waals surface area contributed by atoms with E-state index in [0.717, 1.165) is 22.0 Å². The third-order valence-corrected chi connectivity index (χ3v) is 4.32. The Labute approximate surface area is 127 Å². The van der Waals surface area contributed by atoms with Gasteiger partial charge in [-0.25, -0.2) is 4.98 Å². The fourth-order valence-corrected chi connectivity index (χ4v) is 2.99. The number of aromatic nitrogens is 3. The Hall–Kier alpha value is -2.08. The number of nitrogens with zero attached hydrogens (tertiary/aromatic N) is 2. The lowest BCUT2D eigenvalue weighted by Gasteiger charge is -2.05. The molecule has 21 heavy (non-hydrogen) atoms. The molecule has 5 nitrogen and oxygen atoms in total. The molecule has 0 spiro atoms. The lowest BCUT2D eigenvalue weighted by atomic mass is 10.1. The molecule has 1 aliphatic carbocycles. The molecule has 1 aromatic heterocycles. The van der Waals surface area contributed by atoms with Crippen LogP contribution in [0.2, 0.25) is 0 Å². The van der Waals surface area contributed by atoms with Gasteiger partial charge in [-0.1, -0.05) is 47.7 Å². The van der Waals surface area contributed by atoms with Crippen molar-refractivity contribution in [3.63, 3.8) is 0 Å². The lowest BCUT2D eigenvalue weighted by Crippen LogP contribution is -2.28. The molecule has 0 saturated carbocycles. The third kappa shape index (κ3) is 3.16. The molecule has 1 atom stereocenters. The van der Waals surface area contributed by atoms with E-state index in [9.17, 15) is 4.79 Å². The summed E-state index contributed by atoms with van der Waals surface area (Å²) in [5.74, 6) is 0.806. The van der Waals surface area contributed by atoms with E-state index in [0.29, 0.717) is 6.54 Å². The predicted octanol–water partition coefficient (Wildman–Crippen LogP) is 2.12. The first kappa shape index (κ1) is 13.9. The van der Waals surface area contributed by atoms with E-state index in [1.807, 2.05) is 37.3 Å². The van der Waals surface area contributed by atoms with Gasteiger partial charge in [0.1, 0.15) is 6.33 Å². The number of rotatable bonds is 6. The van der Waals surface area contributed by atoms with Crippen molar-refractivity contribution in [2.24, 2.45) is 5.92 Å². The number of thioether (sulfide) groups is 1. The first-order valence-electron chi connectivity index (χ1n) is 6.79. The first-order valence-corrected chi connectivity index (χ1v) is 7.78. The summed E-state index contributed by atoms with van der Waals surface area (Å²) >= 11 is 1.54. The summed E-state index contributed by atoms with van der Waals surface area (Å²) in [6.45, 7) is 2.64. The number of carbonyl (C=O) groups excluding carboxylic acids is 1. The van der Waals surface area contributed by atoms with E-state index in [1.165, 1.54) is 11.9 Å². The number of benzene rings is 1. The highest BCUT2D eigenvalue weighted by molar-refractivity contribution is 7.99. The van der Waals surface area contributed by atoms with Crippen molar-refractivity contribution in [3.05, 3.63) is 47.8 Å². The molecule has 3 rings (SSSR count). The molecule has 1 heterocycles. The Morgan fingerprint density at radius 3 is 2.90 bits per heavy atom. The number of nitrogens with one attached hydrogen (secondary N) is 2. The summed E-state index contributed by atoms with van der Waals surface area (Å²) in [6.07, 6.45) is 1.48. The summed E-state index contributed by atoms with van der Waals surface area (Å²) in [7, 11) is 0. The highest BCUT2D eigenvalue weighted by Crippen LogP contribution is 2.46. The number of H-pyrrole nitrogens is 1. The fraction of sp³-hybridized carbons (Fsp3) is 0.267. The maximum Gasteiger partial charge on any atom is 0.231 e. The Kier molecular flexibility index (Phi) is 4.06.